The summed E-state index contributed by atoms with van der Waals surface area (Å²) in [6, 6.07) is 4.07. The number of nitrogens with zero attached hydrogens (tertiary/aromatic N) is 3. The number of thiazole rings is 1. The van der Waals surface area contributed by atoms with Gasteiger partial charge in [0.1, 0.15) is 0 Å². The molecule has 0 aliphatic carbocycles. The van der Waals surface area contributed by atoms with Crippen LogP contribution in [0.3, 0.4) is 0 Å². The summed E-state index contributed by atoms with van der Waals surface area (Å²) in [5, 5.41) is 5.43. The molecule has 2 aromatic rings. The van der Waals surface area contributed by atoms with E-state index in [2.05, 4.69) is 26.2 Å². The lowest BCUT2D eigenvalue weighted by Crippen LogP contribution is -2.45. The summed E-state index contributed by atoms with van der Waals surface area (Å²) in [6.07, 6.45) is 0. The first-order valence-electron chi connectivity index (χ1n) is 7.49. The third-order valence-electron chi connectivity index (χ3n) is 3.69. The van der Waals surface area contributed by atoms with Crippen molar-refractivity contribution in [3.05, 3.63) is 32.4 Å². The van der Waals surface area contributed by atoms with Crippen LogP contribution in [0.2, 0.25) is 4.34 Å². The van der Waals surface area contributed by atoms with E-state index in [-0.39, 0.29) is 5.91 Å². The molecule has 0 atom stereocenters. The molecule has 0 radical (unpaired) electrons. The zero-order valence-electron chi connectivity index (χ0n) is 12.9. The minimum atomic E-state index is -0.0757. The molecule has 5 nitrogen and oxygen atoms in total. The van der Waals surface area contributed by atoms with E-state index in [4.69, 9.17) is 11.6 Å². The molecule has 1 aliphatic rings. The van der Waals surface area contributed by atoms with E-state index >= 15 is 0 Å². The summed E-state index contributed by atoms with van der Waals surface area (Å²) < 4.78 is 0.858. The fourth-order valence-electron chi connectivity index (χ4n) is 2.58. The molecular weight excluding hydrogens is 352 g/mol. The Balaban J connectivity index is 1.45. The van der Waals surface area contributed by atoms with Gasteiger partial charge in [0, 0.05) is 56.4 Å². The van der Waals surface area contributed by atoms with Gasteiger partial charge >= 0.3 is 0 Å². The first kappa shape index (κ1) is 16.9. The van der Waals surface area contributed by atoms with Gasteiger partial charge in [-0.1, -0.05) is 11.6 Å². The van der Waals surface area contributed by atoms with Crippen molar-refractivity contribution in [3.63, 3.8) is 0 Å². The lowest BCUT2D eigenvalue weighted by molar-refractivity contribution is -0.114. The quantitative estimate of drug-likeness (QED) is 0.878. The van der Waals surface area contributed by atoms with Crippen LogP contribution in [0.15, 0.2) is 17.5 Å². The topological polar surface area (TPSA) is 48.5 Å². The largest absolute Gasteiger partial charge is 0.302 e. The van der Waals surface area contributed by atoms with E-state index in [0.29, 0.717) is 5.13 Å². The summed E-state index contributed by atoms with van der Waals surface area (Å²) in [5.41, 5.74) is 1.03. The number of nitrogens with one attached hydrogen (secondary N) is 1. The molecule has 1 N–H and O–H groups in total. The van der Waals surface area contributed by atoms with E-state index in [9.17, 15) is 4.79 Å². The number of hydrogen-bond acceptors (Lipinski definition) is 6. The second-order valence-corrected chi connectivity index (χ2v) is 8.24. The molecule has 3 heterocycles. The van der Waals surface area contributed by atoms with Gasteiger partial charge in [-0.25, -0.2) is 4.98 Å². The van der Waals surface area contributed by atoms with Gasteiger partial charge in [0.2, 0.25) is 5.91 Å². The first-order chi connectivity index (χ1) is 11.1. The number of halogens is 1. The average Bonchev–Trinajstić information content (AvgIpc) is 3.10. The average molecular weight is 371 g/mol. The number of rotatable bonds is 5. The Morgan fingerprint density at radius 3 is 2.57 bits per heavy atom. The molecule has 0 aromatic carbocycles. The van der Waals surface area contributed by atoms with Gasteiger partial charge in [-0.2, -0.15) is 0 Å². The Bertz CT molecular complexity index is 664. The van der Waals surface area contributed by atoms with Crippen LogP contribution in [0.4, 0.5) is 5.13 Å². The maximum atomic E-state index is 11.0. The highest BCUT2D eigenvalue weighted by Gasteiger charge is 2.18. The molecule has 8 heteroatoms. The standard InChI is InChI=1S/C15H19ClN4OS2/c1-11(21)17-15-18-12(10-22-15)8-19-4-6-20(7-5-19)9-13-2-3-14(16)23-13/h2-3,10H,4-9H2,1H3,(H,17,18,21). The Labute approximate surface area is 148 Å². The SMILES string of the molecule is CC(=O)Nc1nc(CN2CCN(Cc3ccc(Cl)s3)CC2)cs1. The van der Waals surface area contributed by atoms with Crippen LogP contribution in [0, 0.1) is 0 Å². The fraction of sp³-hybridized carbons (Fsp3) is 0.467. The molecule has 2 aromatic heterocycles. The Morgan fingerprint density at radius 1 is 1.26 bits per heavy atom. The minimum Gasteiger partial charge on any atom is -0.302 e. The monoisotopic (exact) mass is 370 g/mol. The molecule has 124 valence electrons. The third kappa shape index (κ3) is 4.99. The summed E-state index contributed by atoms with van der Waals surface area (Å²) >= 11 is 9.12. The number of carbonyl (C=O) groups is 1. The number of anilines is 1. The predicted molar refractivity (Wildman–Crippen MR) is 96.3 cm³/mol. The fourth-order valence-corrected chi connectivity index (χ4v) is 4.46. The Morgan fingerprint density at radius 2 is 1.96 bits per heavy atom. The van der Waals surface area contributed by atoms with Crippen LogP contribution < -0.4 is 5.32 Å². The van der Waals surface area contributed by atoms with Crippen LogP contribution in [0.5, 0.6) is 0 Å². The molecule has 0 saturated carbocycles. The van der Waals surface area contributed by atoms with Crippen molar-refractivity contribution in [3.8, 4) is 0 Å². The summed E-state index contributed by atoms with van der Waals surface area (Å²) in [5.74, 6) is -0.0757. The summed E-state index contributed by atoms with van der Waals surface area (Å²) in [7, 11) is 0. The van der Waals surface area contributed by atoms with E-state index < -0.39 is 0 Å². The highest BCUT2D eigenvalue weighted by atomic mass is 35.5. The second-order valence-electron chi connectivity index (χ2n) is 5.58. The minimum absolute atomic E-state index is 0.0757. The zero-order chi connectivity index (χ0) is 16.2. The van der Waals surface area contributed by atoms with Crippen LogP contribution in [0.25, 0.3) is 0 Å². The molecule has 0 bridgehead atoms. The van der Waals surface area contributed by atoms with Crippen molar-refractivity contribution < 1.29 is 4.79 Å². The highest BCUT2D eigenvalue weighted by molar-refractivity contribution is 7.16. The molecule has 0 unspecified atom stereocenters. The summed E-state index contributed by atoms with van der Waals surface area (Å²) in [6.45, 7) is 7.50. The van der Waals surface area contributed by atoms with E-state index in [0.717, 1.165) is 49.3 Å². The van der Waals surface area contributed by atoms with Crippen molar-refractivity contribution in [1.29, 1.82) is 0 Å². The highest BCUT2D eigenvalue weighted by Crippen LogP contribution is 2.23. The normalized spacial score (nSPS) is 16.6. The lowest BCUT2D eigenvalue weighted by Gasteiger charge is -2.34. The Hall–Kier alpha value is -0.990. The number of aromatic nitrogens is 1. The van der Waals surface area contributed by atoms with Gasteiger partial charge in [-0.3, -0.25) is 14.6 Å². The molecule has 1 saturated heterocycles. The Kier molecular flexibility index (Phi) is 5.66. The van der Waals surface area contributed by atoms with Crippen LogP contribution in [0.1, 0.15) is 17.5 Å². The maximum Gasteiger partial charge on any atom is 0.223 e. The van der Waals surface area contributed by atoms with Gasteiger partial charge in [-0.15, -0.1) is 22.7 Å². The molecule has 3 rings (SSSR count). The maximum absolute atomic E-state index is 11.0. The predicted octanol–water partition coefficient (Wildman–Crippen LogP) is 3.13. The van der Waals surface area contributed by atoms with Crippen LogP contribution >= 0.6 is 34.3 Å². The number of hydrogen-bond donors (Lipinski definition) is 1. The van der Waals surface area contributed by atoms with E-state index in [1.165, 1.54) is 23.1 Å². The van der Waals surface area contributed by atoms with Gasteiger partial charge < -0.3 is 5.32 Å². The number of amides is 1. The van der Waals surface area contributed by atoms with Crippen molar-refractivity contribution in [1.82, 2.24) is 14.8 Å². The van der Waals surface area contributed by atoms with Crippen molar-refractivity contribution in [2.45, 2.75) is 20.0 Å². The van der Waals surface area contributed by atoms with Crippen LogP contribution in [-0.4, -0.2) is 46.9 Å². The van der Waals surface area contributed by atoms with E-state index in [1.807, 2.05) is 11.4 Å². The molecule has 0 spiro atoms. The van der Waals surface area contributed by atoms with E-state index in [1.54, 1.807) is 11.3 Å². The van der Waals surface area contributed by atoms with Gasteiger partial charge in [0.15, 0.2) is 5.13 Å². The first-order valence-corrected chi connectivity index (χ1v) is 9.57. The molecule has 1 amide bonds. The summed E-state index contributed by atoms with van der Waals surface area (Å²) in [4.78, 5) is 21.7. The second kappa shape index (κ2) is 7.72. The van der Waals surface area contributed by atoms with Gasteiger partial charge in [-0.05, 0) is 12.1 Å². The van der Waals surface area contributed by atoms with Crippen molar-refractivity contribution in [2.24, 2.45) is 0 Å². The van der Waals surface area contributed by atoms with Gasteiger partial charge in [0.05, 0.1) is 10.0 Å². The molecule has 1 aliphatic heterocycles. The number of thiophene rings is 1. The number of carbonyl (C=O) groups excluding carboxylic acids is 1. The lowest BCUT2D eigenvalue weighted by atomic mass is 10.3. The van der Waals surface area contributed by atoms with Gasteiger partial charge in [0.25, 0.3) is 0 Å². The van der Waals surface area contributed by atoms with Crippen LogP contribution in [-0.2, 0) is 17.9 Å². The smallest absolute Gasteiger partial charge is 0.223 e. The molecular formula is C15H19ClN4OS2. The van der Waals surface area contributed by atoms with Crippen molar-refractivity contribution >= 4 is 45.3 Å². The molecule has 1 fully saturated rings. The van der Waals surface area contributed by atoms with Crippen molar-refractivity contribution in [2.75, 3.05) is 31.5 Å². The molecule has 23 heavy (non-hydrogen) atoms. The third-order valence-corrected chi connectivity index (χ3v) is 5.72. The zero-order valence-corrected chi connectivity index (χ0v) is 15.3. The number of piperazine rings is 1.